The van der Waals surface area contributed by atoms with E-state index in [0.29, 0.717) is 25.7 Å². The van der Waals surface area contributed by atoms with Crippen LogP contribution in [0.15, 0.2) is 48.5 Å². The van der Waals surface area contributed by atoms with E-state index in [2.05, 4.69) is 23.1 Å². The van der Waals surface area contributed by atoms with Crippen molar-refractivity contribution in [1.29, 1.82) is 0 Å². The fraction of sp³-hybridized carbons (Fsp3) is 0.381. The van der Waals surface area contributed by atoms with Crippen LogP contribution >= 0.6 is 11.6 Å². The van der Waals surface area contributed by atoms with Crippen molar-refractivity contribution in [3.63, 3.8) is 0 Å². The first-order chi connectivity index (χ1) is 13.1. The van der Waals surface area contributed by atoms with Gasteiger partial charge in [-0.15, -0.1) is 0 Å². The van der Waals surface area contributed by atoms with E-state index in [1.807, 2.05) is 30.3 Å². The van der Waals surface area contributed by atoms with Crippen molar-refractivity contribution in [2.45, 2.75) is 31.3 Å². The Morgan fingerprint density at radius 2 is 1.81 bits per heavy atom. The number of carboxylic acid groups (broad SMARTS) is 1. The molecule has 1 atom stereocenters. The van der Waals surface area contributed by atoms with E-state index in [9.17, 15) is 9.90 Å². The highest BCUT2D eigenvalue weighted by Gasteiger charge is 2.35. The predicted octanol–water partition coefficient (Wildman–Crippen LogP) is 4.29. The smallest absolute Gasteiger partial charge is 0.407 e. The normalized spacial score (nSPS) is 20.1. The summed E-state index contributed by atoms with van der Waals surface area (Å²) in [6.45, 7) is 1.78. The first kappa shape index (κ1) is 18.0. The second kappa shape index (κ2) is 7.69. The summed E-state index contributed by atoms with van der Waals surface area (Å²) in [5.41, 5.74) is 2.33. The van der Waals surface area contributed by atoms with E-state index in [0.717, 1.165) is 35.7 Å². The lowest BCUT2D eigenvalue weighted by Gasteiger charge is -2.46. The number of hydrogen-bond donors (Lipinski definition) is 1. The Morgan fingerprint density at radius 1 is 1.11 bits per heavy atom. The molecule has 1 amide bonds. The van der Waals surface area contributed by atoms with Crippen LogP contribution in [-0.2, 0) is 6.42 Å². The fourth-order valence-electron chi connectivity index (χ4n) is 4.14. The second-order valence-electron chi connectivity index (χ2n) is 7.17. The molecule has 0 aromatic heterocycles. The van der Waals surface area contributed by atoms with E-state index >= 15 is 0 Å². The fourth-order valence-corrected chi connectivity index (χ4v) is 4.26. The van der Waals surface area contributed by atoms with E-state index in [1.54, 1.807) is 0 Å². The summed E-state index contributed by atoms with van der Waals surface area (Å²) in [7, 11) is 0. The van der Waals surface area contributed by atoms with Crippen molar-refractivity contribution in [2.75, 3.05) is 24.6 Å². The number of amides is 1. The number of para-hydroxylation sites is 2. The molecule has 6 heteroatoms. The number of hydrogen-bond acceptors (Lipinski definition) is 3. The van der Waals surface area contributed by atoms with Gasteiger partial charge in [-0.1, -0.05) is 35.9 Å². The molecule has 2 aliphatic heterocycles. The van der Waals surface area contributed by atoms with Crippen LogP contribution in [0.25, 0.3) is 0 Å². The second-order valence-corrected chi connectivity index (χ2v) is 7.61. The number of nitrogens with zero attached hydrogens (tertiary/aromatic N) is 2. The van der Waals surface area contributed by atoms with Crippen molar-refractivity contribution >= 4 is 23.4 Å². The molecule has 2 aromatic rings. The van der Waals surface area contributed by atoms with Gasteiger partial charge >= 0.3 is 6.09 Å². The van der Waals surface area contributed by atoms with Crippen molar-refractivity contribution < 1.29 is 14.6 Å². The highest BCUT2D eigenvalue weighted by Crippen LogP contribution is 2.38. The summed E-state index contributed by atoms with van der Waals surface area (Å²) in [6.07, 6.45) is 1.70. The number of ether oxygens (including phenoxy) is 1. The Labute approximate surface area is 164 Å². The van der Waals surface area contributed by atoms with Gasteiger partial charge in [0.2, 0.25) is 0 Å². The molecule has 1 fully saturated rings. The van der Waals surface area contributed by atoms with Crippen LogP contribution in [-0.4, -0.2) is 47.9 Å². The molecule has 1 saturated heterocycles. The van der Waals surface area contributed by atoms with Gasteiger partial charge in [0.1, 0.15) is 12.4 Å². The monoisotopic (exact) mass is 386 g/mol. The number of rotatable bonds is 3. The maximum absolute atomic E-state index is 11.3. The number of halogens is 1. The maximum atomic E-state index is 11.3. The molecule has 0 radical (unpaired) electrons. The zero-order valence-electron chi connectivity index (χ0n) is 15.1. The van der Waals surface area contributed by atoms with Gasteiger partial charge in [0.25, 0.3) is 0 Å². The number of fused-ring (bicyclic) bond motifs is 1. The summed E-state index contributed by atoms with van der Waals surface area (Å²) < 4.78 is 6.04. The predicted molar refractivity (Wildman–Crippen MR) is 106 cm³/mol. The summed E-state index contributed by atoms with van der Waals surface area (Å²) in [6, 6.07) is 16.6. The van der Waals surface area contributed by atoms with Gasteiger partial charge in [-0.2, -0.15) is 0 Å². The number of benzene rings is 2. The van der Waals surface area contributed by atoms with E-state index in [4.69, 9.17) is 16.3 Å². The summed E-state index contributed by atoms with van der Waals surface area (Å²) in [5, 5.41) is 9.98. The Bertz CT molecular complexity index is 803. The molecule has 5 nitrogen and oxygen atoms in total. The van der Waals surface area contributed by atoms with Gasteiger partial charge in [-0.05, 0) is 49.1 Å². The van der Waals surface area contributed by atoms with Crippen LogP contribution in [0.4, 0.5) is 10.5 Å². The van der Waals surface area contributed by atoms with Crippen LogP contribution < -0.4 is 9.64 Å². The van der Waals surface area contributed by atoms with Crippen LogP contribution in [0.1, 0.15) is 18.4 Å². The third kappa shape index (κ3) is 3.83. The lowest BCUT2D eigenvalue weighted by atomic mass is 9.96. The lowest BCUT2D eigenvalue weighted by Crippen LogP contribution is -2.54. The molecule has 1 unspecified atom stereocenters. The summed E-state index contributed by atoms with van der Waals surface area (Å²) >= 11 is 6.02. The average Bonchev–Trinajstić information content (AvgIpc) is 2.69. The Balaban J connectivity index is 1.58. The molecule has 142 valence electrons. The Hall–Kier alpha value is -2.40. The molecule has 4 rings (SSSR count). The molecule has 0 spiro atoms. The molecule has 0 bridgehead atoms. The molecule has 2 heterocycles. The number of carbonyl (C=O) groups is 1. The highest BCUT2D eigenvalue weighted by atomic mass is 35.5. The number of likely N-dealkylation sites (tertiary alicyclic amines) is 1. The topological polar surface area (TPSA) is 53.0 Å². The van der Waals surface area contributed by atoms with Gasteiger partial charge in [0.05, 0.1) is 11.7 Å². The standard InChI is InChI=1S/C21H23ClN2O3/c22-16-7-5-15(6-8-16)13-18-14-27-20-4-2-1-3-19(20)24(18)17-9-11-23(12-10-17)21(25)26/h1-8,17-18H,9-14H2,(H,25,26). The first-order valence-electron chi connectivity index (χ1n) is 9.34. The van der Waals surface area contributed by atoms with Crippen LogP contribution in [0.5, 0.6) is 5.75 Å². The first-order valence-corrected chi connectivity index (χ1v) is 9.72. The zero-order chi connectivity index (χ0) is 18.8. The maximum Gasteiger partial charge on any atom is 0.407 e. The molecule has 27 heavy (non-hydrogen) atoms. The summed E-state index contributed by atoms with van der Waals surface area (Å²) in [5.74, 6) is 0.908. The van der Waals surface area contributed by atoms with Gasteiger partial charge in [0, 0.05) is 24.2 Å². The SMILES string of the molecule is O=C(O)N1CCC(N2c3ccccc3OCC2Cc2ccc(Cl)cc2)CC1. The molecular weight excluding hydrogens is 364 g/mol. The Kier molecular flexibility index (Phi) is 5.12. The molecule has 0 aliphatic carbocycles. The van der Waals surface area contributed by atoms with Crippen molar-refractivity contribution in [3.8, 4) is 5.75 Å². The average molecular weight is 387 g/mol. The minimum absolute atomic E-state index is 0.211. The quantitative estimate of drug-likeness (QED) is 0.854. The van der Waals surface area contributed by atoms with Crippen molar-refractivity contribution in [3.05, 3.63) is 59.1 Å². The van der Waals surface area contributed by atoms with Crippen LogP contribution in [0.3, 0.4) is 0 Å². The molecular formula is C21H23ClN2O3. The molecule has 2 aromatic carbocycles. The van der Waals surface area contributed by atoms with Gasteiger partial charge in [-0.25, -0.2) is 4.79 Å². The van der Waals surface area contributed by atoms with Gasteiger partial charge in [-0.3, -0.25) is 0 Å². The third-order valence-corrected chi connectivity index (χ3v) is 5.73. The van der Waals surface area contributed by atoms with E-state index in [1.165, 1.54) is 10.5 Å². The highest BCUT2D eigenvalue weighted by molar-refractivity contribution is 6.30. The number of piperidine rings is 1. The molecule has 0 saturated carbocycles. The minimum Gasteiger partial charge on any atom is -0.489 e. The largest absolute Gasteiger partial charge is 0.489 e. The van der Waals surface area contributed by atoms with E-state index < -0.39 is 6.09 Å². The number of anilines is 1. The van der Waals surface area contributed by atoms with Crippen molar-refractivity contribution in [1.82, 2.24) is 4.90 Å². The van der Waals surface area contributed by atoms with Crippen molar-refractivity contribution in [2.24, 2.45) is 0 Å². The minimum atomic E-state index is -0.825. The summed E-state index contributed by atoms with van der Waals surface area (Å²) in [4.78, 5) is 15.2. The van der Waals surface area contributed by atoms with Gasteiger partial charge in [0.15, 0.2) is 0 Å². The van der Waals surface area contributed by atoms with Crippen LogP contribution in [0.2, 0.25) is 5.02 Å². The molecule has 2 aliphatic rings. The zero-order valence-corrected chi connectivity index (χ0v) is 15.8. The lowest BCUT2D eigenvalue weighted by molar-refractivity contribution is 0.128. The van der Waals surface area contributed by atoms with E-state index in [-0.39, 0.29) is 6.04 Å². The third-order valence-electron chi connectivity index (χ3n) is 5.48. The van der Waals surface area contributed by atoms with Crippen LogP contribution in [0, 0.1) is 0 Å². The Morgan fingerprint density at radius 3 is 2.52 bits per heavy atom. The molecule has 1 N–H and O–H groups in total. The van der Waals surface area contributed by atoms with Gasteiger partial charge < -0.3 is 19.6 Å².